The summed E-state index contributed by atoms with van der Waals surface area (Å²) in [4.78, 5) is 2.52. The van der Waals surface area contributed by atoms with Crippen LogP contribution in [0.15, 0.2) is 0 Å². The Morgan fingerprint density at radius 2 is 2.07 bits per heavy atom. The first-order chi connectivity index (χ1) is 6.86. The highest BCUT2D eigenvalue weighted by Gasteiger charge is 2.16. The van der Waals surface area contributed by atoms with Crippen LogP contribution in [-0.4, -0.2) is 44.3 Å². The van der Waals surface area contributed by atoms with Gasteiger partial charge in [0.05, 0.1) is 0 Å². The van der Waals surface area contributed by atoms with Gasteiger partial charge in [-0.3, -0.25) is 0 Å². The molecule has 1 saturated heterocycles. The van der Waals surface area contributed by atoms with Gasteiger partial charge in [0.25, 0.3) is 0 Å². The van der Waals surface area contributed by atoms with Crippen molar-refractivity contribution in [3.63, 3.8) is 0 Å². The average molecular weight is 200 g/mol. The largest absolute Gasteiger partial charge is 0.381 e. The number of hydrogen-bond donors (Lipinski definition) is 1. The maximum atomic E-state index is 5.52. The van der Waals surface area contributed by atoms with Crippen LogP contribution in [0.1, 0.15) is 26.2 Å². The minimum absolute atomic E-state index is 0.810. The van der Waals surface area contributed by atoms with Gasteiger partial charge in [-0.1, -0.05) is 6.92 Å². The predicted octanol–water partition coefficient (Wildman–Crippen LogP) is 1.08. The van der Waals surface area contributed by atoms with Gasteiger partial charge < -0.3 is 15.4 Å². The number of hydrogen-bond acceptors (Lipinski definition) is 3. The van der Waals surface area contributed by atoms with Crippen LogP contribution in [0.3, 0.4) is 0 Å². The first-order valence-electron chi connectivity index (χ1n) is 5.87. The molecule has 0 bridgehead atoms. The minimum Gasteiger partial charge on any atom is -0.381 e. The number of nitrogens with two attached hydrogens (primary N) is 1. The molecule has 3 nitrogen and oxygen atoms in total. The van der Waals surface area contributed by atoms with E-state index in [4.69, 9.17) is 10.5 Å². The van der Waals surface area contributed by atoms with Crippen LogP contribution in [0.5, 0.6) is 0 Å². The molecule has 1 rings (SSSR count). The monoisotopic (exact) mass is 200 g/mol. The lowest BCUT2D eigenvalue weighted by atomic mass is 9.99. The molecule has 1 heterocycles. The van der Waals surface area contributed by atoms with Crippen molar-refractivity contribution in [1.29, 1.82) is 0 Å². The Hall–Kier alpha value is -0.120. The van der Waals surface area contributed by atoms with Crippen LogP contribution in [0.4, 0.5) is 0 Å². The third-order valence-corrected chi connectivity index (χ3v) is 2.98. The Morgan fingerprint density at radius 1 is 1.36 bits per heavy atom. The van der Waals surface area contributed by atoms with Gasteiger partial charge in [-0.25, -0.2) is 0 Å². The maximum Gasteiger partial charge on any atom is 0.0469 e. The number of ether oxygens (including phenoxy) is 1. The molecule has 3 heteroatoms. The second kappa shape index (κ2) is 7.21. The first kappa shape index (κ1) is 12.0. The molecule has 0 aromatic rings. The van der Waals surface area contributed by atoms with Gasteiger partial charge >= 0.3 is 0 Å². The summed E-state index contributed by atoms with van der Waals surface area (Å²) in [6.45, 7) is 8.50. The summed E-state index contributed by atoms with van der Waals surface area (Å²) in [5, 5.41) is 0. The van der Waals surface area contributed by atoms with Gasteiger partial charge in [0.2, 0.25) is 0 Å². The van der Waals surface area contributed by atoms with Gasteiger partial charge in [-0.2, -0.15) is 0 Å². The molecule has 84 valence electrons. The van der Waals surface area contributed by atoms with Crippen molar-refractivity contribution in [2.24, 2.45) is 11.7 Å². The smallest absolute Gasteiger partial charge is 0.0469 e. The summed E-state index contributed by atoms with van der Waals surface area (Å²) in [6.07, 6.45) is 3.59. The fraction of sp³-hybridized carbons (Fsp3) is 1.00. The molecule has 0 amide bonds. The molecule has 0 atom stereocenters. The van der Waals surface area contributed by atoms with Crippen LogP contribution in [-0.2, 0) is 4.74 Å². The van der Waals surface area contributed by atoms with E-state index in [-0.39, 0.29) is 0 Å². The average Bonchev–Trinajstić information content (AvgIpc) is 2.25. The van der Waals surface area contributed by atoms with E-state index in [0.717, 1.165) is 45.2 Å². The zero-order valence-electron chi connectivity index (χ0n) is 9.37. The molecule has 14 heavy (non-hydrogen) atoms. The van der Waals surface area contributed by atoms with Crippen LogP contribution >= 0.6 is 0 Å². The Labute approximate surface area is 87.6 Å². The summed E-state index contributed by atoms with van der Waals surface area (Å²) >= 11 is 0. The standard InChI is InChI=1S/C11H24N2O/c1-2-13(7-3-6-12)10-11-4-8-14-9-5-11/h11H,2-10,12H2,1H3. The summed E-state index contributed by atoms with van der Waals surface area (Å²) in [6, 6.07) is 0. The van der Waals surface area contributed by atoms with Crippen LogP contribution < -0.4 is 5.73 Å². The van der Waals surface area contributed by atoms with Crippen molar-refractivity contribution in [2.45, 2.75) is 26.2 Å². The van der Waals surface area contributed by atoms with Crippen LogP contribution in [0.25, 0.3) is 0 Å². The lowest BCUT2D eigenvalue weighted by Gasteiger charge is -2.28. The summed E-state index contributed by atoms with van der Waals surface area (Å²) in [7, 11) is 0. The fourth-order valence-electron chi connectivity index (χ4n) is 1.99. The van der Waals surface area contributed by atoms with E-state index >= 15 is 0 Å². The molecule has 2 N–H and O–H groups in total. The van der Waals surface area contributed by atoms with Crippen molar-refractivity contribution in [3.05, 3.63) is 0 Å². The third kappa shape index (κ3) is 4.40. The number of rotatable bonds is 6. The second-order valence-electron chi connectivity index (χ2n) is 4.09. The molecule has 0 aromatic carbocycles. The highest BCUT2D eigenvalue weighted by Crippen LogP contribution is 2.15. The van der Waals surface area contributed by atoms with Crippen molar-refractivity contribution in [1.82, 2.24) is 4.90 Å². The van der Waals surface area contributed by atoms with Crippen molar-refractivity contribution < 1.29 is 4.74 Å². The predicted molar refractivity (Wildman–Crippen MR) is 59.3 cm³/mol. The van der Waals surface area contributed by atoms with Gasteiger partial charge in [-0.15, -0.1) is 0 Å². The molecule has 0 saturated carbocycles. The lowest BCUT2D eigenvalue weighted by molar-refractivity contribution is 0.0531. The third-order valence-electron chi connectivity index (χ3n) is 2.98. The lowest BCUT2D eigenvalue weighted by Crippen LogP contribution is -2.33. The molecule has 1 aliphatic rings. The Bertz CT molecular complexity index is 135. The van der Waals surface area contributed by atoms with E-state index < -0.39 is 0 Å². The fourth-order valence-corrected chi connectivity index (χ4v) is 1.99. The maximum absolute atomic E-state index is 5.52. The highest BCUT2D eigenvalue weighted by molar-refractivity contribution is 4.68. The van der Waals surface area contributed by atoms with E-state index in [0.29, 0.717) is 0 Å². The van der Waals surface area contributed by atoms with Gasteiger partial charge in [0, 0.05) is 19.8 Å². The molecule has 0 spiro atoms. The molecular formula is C11H24N2O. The van der Waals surface area contributed by atoms with Gasteiger partial charge in [-0.05, 0) is 44.8 Å². The van der Waals surface area contributed by atoms with E-state index in [1.54, 1.807) is 0 Å². The highest BCUT2D eigenvalue weighted by atomic mass is 16.5. The molecular weight excluding hydrogens is 176 g/mol. The summed E-state index contributed by atoms with van der Waals surface area (Å²) in [5.41, 5.74) is 5.52. The van der Waals surface area contributed by atoms with E-state index in [1.165, 1.54) is 19.4 Å². The summed E-state index contributed by atoms with van der Waals surface area (Å²) in [5.74, 6) is 0.849. The van der Waals surface area contributed by atoms with Crippen LogP contribution in [0, 0.1) is 5.92 Å². The second-order valence-corrected chi connectivity index (χ2v) is 4.09. The van der Waals surface area contributed by atoms with Crippen molar-refractivity contribution >= 4 is 0 Å². The van der Waals surface area contributed by atoms with E-state index in [1.807, 2.05) is 0 Å². The molecule has 0 aliphatic carbocycles. The van der Waals surface area contributed by atoms with Gasteiger partial charge in [0.15, 0.2) is 0 Å². The molecule has 1 aliphatic heterocycles. The molecule has 1 fully saturated rings. The summed E-state index contributed by atoms with van der Waals surface area (Å²) < 4.78 is 5.36. The Balaban J connectivity index is 2.16. The number of nitrogens with zero attached hydrogens (tertiary/aromatic N) is 1. The Kier molecular flexibility index (Phi) is 6.15. The van der Waals surface area contributed by atoms with Crippen molar-refractivity contribution in [3.8, 4) is 0 Å². The van der Waals surface area contributed by atoms with E-state index in [9.17, 15) is 0 Å². The van der Waals surface area contributed by atoms with Crippen LogP contribution in [0.2, 0.25) is 0 Å². The normalized spacial score (nSPS) is 19.1. The Morgan fingerprint density at radius 3 is 2.64 bits per heavy atom. The molecule has 0 radical (unpaired) electrons. The minimum atomic E-state index is 0.810. The first-order valence-corrected chi connectivity index (χ1v) is 5.87. The van der Waals surface area contributed by atoms with Crippen molar-refractivity contribution in [2.75, 3.05) is 39.4 Å². The topological polar surface area (TPSA) is 38.5 Å². The SMILES string of the molecule is CCN(CCCN)CC1CCOCC1. The zero-order chi connectivity index (χ0) is 10.2. The zero-order valence-corrected chi connectivity index (χ0v) is 9.37. The quantitative estimate of drug-likeness (QED) is 0.697. The van der Waals surface area contributed by atoms with Gasteiger partial charge in [0.1, 0.15) is 0 Å². The molecule has 0 unspecified atom stereocenters. The van der Waals surface area contributed by atoms with E-state index in [2.05, 4.69) is 11.8 Å². The molecule has 0 aromatic heterocycles.